The molecule has 0 bridgehead atoms. The highest BCUT2D eigenvalue weighted by atomic mass is 35.5. The summed E-state index contributed by atoms with van der Waals surface area (Å²) < 4.78 is 29.2. The Hall–Kier alpha value is -1.93. The van der Waals surface area contributed by atoms with Gasteiger partial charge in [-0.25, -0.2) is 13.4 Å². The van der Waals surface area contributed by atoms with Gasteiger partial charge < -0.3 is 9.47 Å². The van der Waals surface area contributed by atoms with E-state index >= 15 is 0 Å². The molecular formula is C21H25ClN4O2S. The van der Waals surface area contributed by atoms with Gasteiger partial charge in [-0.1, -0.05) is 23.7 Å². The lowest BCUT2D eigenvalue weighted by Gasteiger charge is -2.34. The van der Waals surface area contributed by atoms with Crippen LogP contribution in [0, 0.1) is 0 Å². The van der Waals surface area contributed by atoms with E-state index in [0.29, 0.717) is 18.1 Å². The van der Waals surface area contributed by atoms with Crippen molar-refractivity contribution in [1.82, 2.24) is 18.8 Å². The Labute approximate surface area is 176 Å². The number of pyridine rings is 1. The van der Waals surface area contributed by atoms with E-state index in [2.05, 4.69) is 26.7 Å². The molecule has 1 aromatic carbocycles. The highest BCUT2D eigenvalue weighted by Crippen LogP contribution is 2.20. The van der Waals surface area contributed by atoms with Gasteiger partial charge in [0.05, 0.1) is 5.75 Å². The maximum atomic E-state index is 12.7. The van der Waals surface area contributed by atoms with Crippen LogP contribution in [0.4, 0.5) is 0 Å². The fourth-order valence-corrected chi connectivity index (χ4v) is 5.53. The maximum absolute atomic E-state index is 12.7. The lowest BCUT2D eigenvalue weighted by molar-refractivity contribution is 0.190. The number of nitrogens with zero attached hydrogens (tertiary/aromatic N) is 4. The fourth-order valence-electron chi connectivity index (χ4n) is 3.88. The number of rotatable bonds is 6. The van der Waals surface area contributed by atoms with E-state index in [1.54, 1.807) is 28.6 Å². The number of halogens is 1. The van der Waals surface area contributed by atoms with Gasteiger partial charge >= 0.3 is 0 Å². The van der Waals surface area contributed by atoms with Crippen molar-refractivity contribution in [2.24, 2.45) is 7.05 Å². The van der Waals surface area contributed by atoms with Gasteiger partial charge in [0.2, 0.25) is 10.0 Å². The van der Waals surface area contributed by atoms with Crippen molar-refractivity contribution in [1.29, 1.82) is 0 Å². The summed E-state index contributed by atoms with van der Waals surface area (Å²) in [6.45, 7) is 3.49. The minimum atomic E-state index is -3.31. The minimum Gasteiger partial charge on any atom is -0.335 e. The topological polar surface area (TPSA) is 58.4 Å². The first-order chi connectivity index (χ1) is 13.9. The highest BCUT2D eigenvalue weighted by molar-refractivity contribution is 7.88. The van der Waals surface area contributed by atoms with Crippen LogP contribution >= 0.6 is 11.6 Å². The van der Waals surface area contributed by atoms with Gasteiger partial charge in [0.1, 0.15) is 5.65 Å². The Bertz CT molecular complexity index is 1090. The Morgan fingerprint density at radius 1 is 1.07 bits per heavy atom. The van der Waals surface area contributed by atoms with E-state index < -0.39 is 10.0 Å². The molecule has 2 aromatic heterocycles. The van der Waals surface area contributed by atoms with Gasteiger partial charge in [0.25, 0.3) is 0 Å². The summed E-state index contributed by atoms with van der Waals surface area (Å²) in [5, 5.41) is 1.81. The van der Waals surface area contributed by atoms with Crippen molar-refractivity contribution >= 4 is 32.7 Å². The number of hydrogen-bond acceptors (Lipinski definition) is 4. The number of piperazine rings is 1. The molecule has 0 atom stereocenters. The molecule has 1 aliphatic heterocycles. The smallest absolute Gasteiger partial charge is 0.218 e. The lowest BCUT2D eigenvalue weighted by atomic mass is 10.1. The Balaban J connectivity index is 1.32. The molecule has 154 valence electrons. The molecule has 0 unspecified atom stereocenters. The van der Waals surface area contributed by atoms with Crippen LogP contribution in [0.1, 0.15) is 11.1 Å². The zero-order valence-electron chi connectivity index (χ0n) is 16.5. The van der Waals surface area contributed by atoms with Gasteiger partial charge in [-0.2, -0.15) is 4.31 Å². The molecule has 3 heterocycles. The van der Waals surface area contributed by atoms with Crippen molar-refractivity contribution < 1.29 is 8.42 Å². The van der Waals surface area contributed by atoms with E-state index in [9.17, 15) is 8.42 Å². The number of hydrogen-bond donors (Lipinski definition) is 0. The predicted octanol–water partition coefficient (Wildman–Crippen LogP) is 2.92. The fraction of sp³-hybridized carbons (Fsp3) is 0.381. The summed E-state index contributed by atoms with van der Waals surface area (Å²) in [7, 11) is -1.30. The standard InChI is InChI=1S/C21H25ClN4O2S/c1-24-15-18(20-3-2-9-23-21(20)24)8-10-25-11-13-26(14-12-25)29(27,28)16-17-4-6-19(22)7-5-17/h2-7,9,15H,8,10-14,16H2,1H3. The summed E-state index contributed by atoms with van der Waals surface area (Å²) in [5.41, 5.74) is 3.05. The second-order valence-corrected chi connectivity index (χ2v) is 9.92. The molecule has 4 rings (SSSR count). The molecule has 29 heavy (non-hydrogen) atoms. The van der Waals surface area contributed by atoms with Crippen LogP contribution in [0.3, 0.4) is 0 Å². The van der Waals surface area contributed by atoms with Crippen LogP contribution in [-0.4, -0.2) is 59.9 Å². The van der Waals surface area contributed by atoms with E-state index in [1.807, 2.05) is 19.3 Å². The van der Waals surface area contributed by atoms with Gasteiger partial charge in [0, 0.05) is 62.6 Å². The quantitative estimate of drug-likeness (QED) is 0.601. The average Bonchev–Trinajstić information content (AvgIpc) is 3.04. The van der Waals surface area contributed by atoms with Crippen molar-refractivity contribution in [3.05, 3.63) is 64.9 Å². The number of aromatic nitrogens is 2. The minimum absolute atomic E-state index is 0.0210. The van der Waals surface area contributed by atoms with E-state index in [1.165, 1.54) is 10.9 Å². The largest absolute Gasteiger partial charge is 0.335 e. The molecule has 1 saturated heterocycles. The van der Waals surface area contributed by atoms with Crippen molar-refractivity contribution in [3.8, 4) is 0 Å². The number of aryl methyl sites for hydroxylation is 1. The van der Waals surface area contributed by atoms with Crippen LogP contribution in [0.2, 0.25) is 5.02 Å². The molecule has 0 aliphatic carbocycles. The summed E-state index contributed by atoms with van der Waals surface area (Å²) in [4.78, 5) is 6.78. The molecule has 8 heteroatoms. The average molecular weight is 433 g/mol. The van der Waals surface area contributed by atoms with Crippen molar-refractivity contribution in [3.63, 3.8) is 0 Å². The third-order valence-corrected chi connectivity index (χ3v) is 7.60. The summed E-state index contributed by atoms with van der Waals surface area (Å²) in [6, 6.07) is 11.1. The first kappa shape index (κ1) is 20.3. The molecule has 0 radical (unpaired) electrons. The predicted molar refractivity (Wildman–Crippen MR) is 117 cm³/mol. The van der Waals surface area contributed by atoms with Crippen molar-refractivity contribution in [2.75, 3.05) is 32.7 Å². The van der Waals surface area contributed by atoms with Crippen LogP contribution in [0.15, 0.2) is 48.8 Å². The number of benzene rings is 1. The summed E-state index contributed by atoms with van der Waals surface area (Å²) in [5.74, 6) is 0.0210. The zero-order chi connectivity index (χ0) is 20.4. The summed E-state index contributed by atoms with van der Waals surface area (Å²) in [6.07, 6.45) is 4.89. The second kappa shape index (κ2) is 8.44. The second-order valence-electron chi connectivity index (χ2n) is 7.51. The van der Waals surface area contributed by atoms with Gasteiger partial charge in [-0.05, 0) is 41.8 Å². The molecule has 0 amide bonds. The van der Waals surface area contributed by atoms with E-state index in [-0.39, 0.29) is 5.75 Å². The maximum Gasteiger partial charge on any atom is 0.218 e. The first-order valence-corrected chi connectivity index (χ1v) is 11.7. The molecule has 1 fully saturated rings. The molecule has 0 N–H and O–H groups in total. The third kappa shape index (κ3) is 4.64. The summed E-state index contributed by atoms with van der Waals surface area (Å²) >= 11 is 5.88. The van der Waals surface area contributed by atoms with Gasteiger partial charge in [-0.3, -0.25) is 0 Å². The van der Waals surface area contributed by atoms with Gasteiger partial charge in [0.15, 0.2) is 0 Å². The Morgan fingerprint density at radius 2 is 1.79 bits per heavy atom. The SMILES string of the molecule is Cn1cc(CCN2CCN(S(=O)(=O)Cc3ccc(Cl)cc3)CC2)c2cccnc21. The molecular weight excluding hydrogens is 408 g/mol. The lowest BCUT2D eigenvalue weighted by Crippen LogP contribution is -2.49. The molecule has 1 aliphatic rings. The van der Waals surface area contributed by atoms with Crippen LogP contribution in [0.25, 0.3) is 11.0 Å². The van der Waals surface area contributed by atoms with E-state index in [0.717, 1.165) is 37.3 Å². The Morgan fingerprint density at radius 3 is 2.52 bits per heavy atom. The highest BCUT2D eigenvalue weighted by Gasteiger charge is 2.27. The normalized spacial score (nSPS) is 16.5. The Kier molecular flexibility index (Phi) is 5.92. The van der Waals surface area contributed by atoms with Crippen molar-refractivity contribution in [2.45, 2.75) is 12.2 Å². The molecule has 0 spiro atoms. The zero-order valence-corrected chi connectivity index (χ0v) is 18.0. The number of fused-ring (bicyclic) bond motifs is 1. The van der Waals surface area contributed by atoms with Gasteiger partial charge in [-0.15, -0.1) is 0 Å². The molecule has 6 nitrogen and oxygen atoms in total. The molecule has 0 saturated carbocycles. The van der Waals surface area contributed by atoms with Crippen LogP contribution in [-0.2, 0) is 29.2 Å². The monoisotopic (exact) mass is 432 g/mol. The molecule has 3 aromatic rings. The van der Waals surface area contributed by atoms with Crippen LogP contribution < -0.4 is 0 Å². The van der Waals surface area contributed by atoms with Crippen LogP contribution in [0.5, 0.6) is 0 Å². The third-order valence-electron chi connectivity index (χ3n) is 5.50. The number of sulfonamides is 1. The first-order valence-electron chi connectivity index (χ1n) is 9.76. The van der Waals surface area contributed by atoms with E-state index in [4.69, 9.17) is 11.6 Å².